The van der Waals surface area contributed by atoms with Crippen LogP contribution < -0.4 is 0 Å². The van der Waals surface area contributed by atoms with Gasteiger partial charge in [-0.15, -0.1) is 0 Å². The van der Waals surface area contributed by atoms with Crippen molar-refractivity contribution in [1.29, 1.82) is 0 Å². The van der Waals surface area contributed by atoms with Crippen molar-refractivity contribution in [2.24, 2.45) is 0 Å². The Morgan fingerprint density at radius 3 is 2.12 bits per heavy atom. The van der Waals surface area contributed by atoms with E-state index in [1.165, 1.54) is 11.3 Å². The molecule has 10 heteroatoms. The zero-order valence-corrected chi connectivity index (χ0v) is 18.0. The summed E-state index contributed by atoms with van der Waals surface area (Å²) in [6.07, 6.45) is -2.23. The average molecular weight is 442 g/mol. The zero-order chi connectivity index (χ0) is 23.7. The first-order chi connectivity index (χ1) is 15.2. The topological polar surface area (TPSA) is 126 Å². The Kier molecular flexibility index (Phi) is 6.17. The number of aromatic nitrogens is 2. The standard InChI is InChI=1S/C22H22N2O8/c1-6-32-22(29)18(26)17(25)16-14(20(27)30-4)15(21(28)31-5)19-23(11(2)3)12-9-7-8-10-13(12)24(16)19/h7-10,18,26H,2,6H2,1,3-5H3. The van der Waals surface area contributed by atoms with E-state index in [1.54, 1.807) is 35.8 Å². The van der Waals surface area contributed by atoms with Crippen LogP contribution in [0.25, 0.3) is 22.4 Å². The number of ether oxygens (including phenoxy) is 3. The molecule has 32 heavy (non-hydrogen) atoms. The molecule has 2 aromatic heterocycles. The lowest BCUT2D eigenvalue weighted by atomic mass is 10.0. The van der Waals surface area contributed by atoms with E-state index in [9.17, 15) is 24.3 Å². The highest BCUT2D eigenvalue weighted by molar-refractivity contribution is 6.21. The number of ketones is 1. The second kappa shape index (κ2) is 8.67. The Morgan fingerprint density at radius 2 is 1.59 bits per heavy atom. The summed E-state index contributed by atoms with van der Waals surface area (Å²) < 4.78 is 17.3. The zero-order valence-electron chi connectivity index (χ0n) is 18.0. The van der Waals surface area contributed by atoms with Gasteiger partial charge in [-0.05, 0) is 26.0 Å². The third kappa shape index (κ3) is 3.34. The number of carbonyl (C=O) groups is 4. The summed E-state index contributed by atoms with van der Waals surface area (Å²) in [4.78, 5) is 51.0. The van der Waals surface area contributed by atoms with Crippen LogP contribution >= 0.6 is 0 Å². The Bertz CT molecular complexity index is 1280. The minimum atomic E-state index is -2.23. The average Bonchev–Trinajstić information content (AvgIpc) is 3.29. The number of hydrogen-bond acceptors (Lipinski definition) is 8. The lowest BCUT2D eigenvalue weighted by molar-refractivity contribution is -0.150. The summed E-state index contributed by atoms with van der Waals surface area (Å²) >= 11 is 0. The summed E-state index contributed by atoms with van der Waals surface area (Å²) in [5.41, 5.74) is 0.442. The SMILES string of the molecule is C=C(C)n1c2ccccc2n2c(C(=O)C(O)C(=O)OCC)c(C(=O)OC)c(C(=O)OC)c12. The summed E-state index contributed by atoms with van der Waals surface area (Å²) in [6, 6.07) is 6.81. The van der Waals surface area contributed by atoms with Gasteiger partial charge in [0.1, 0.15) is 22.5 Å². The van der Waals surface area contributed by atoms with Gasteiger partial charge in [0.15, 0.2) is 0 Å². The van der Waals surface area contributed by atoms with Crippen molar-refractivity contribution < 1.29 is 38.5 Å². The molecule has 1 unspecified atom stereocenters. The number of allylic oxidation sites excluding steroid dienone is 1. The van der Waals surface area contributed by atoms with Gasteiger partial charge < -0.3 is 19.3 Å². The van der Waals surface area contributed by atoms with Crippen LogP contribution in [0, 0.1) is 0 Å². The fourth-order valence-electron chi connectivity index (χ4n) is 3.64. The third-order valence-corrected chi connectivity index (χ3v) is 4.87. The summed E-state index contributed by atoms with van der Waals surface area (Å²) in [6.45, 7) is 7.05. The van der Waals surface area contributed by atoms with Crippen LogP contribution in [0.2, 0.25) is 0 Å². The largest absolute Gasteiger partial charge is 0.465 e. The van der Waals surface area contributed by atoms with Crippen LogP contribution in [-0.2, 0) is 19.0 Å². The van der Waals surface area contributed by atoms with Gasteiger partial charge in [0, 0.05) is 5.70 Å². The van der Waals surface area contributed by atoms with Crippen LogP contribution in [0.4, 0.5) is 0 Å². The number of hydrogen-bond donors (Lipinski definition) is 1. The highest BCUT2D eigenvalue weighted by Crippen LogP contribution is 2.34. The molecule has 1 N–H and O–H groups in total. The van der Waals surface area contributed by atoms with Crippen LogP contribution in [0.5, 0.6) is 0 Å². The van der Waals surface area contributed by atoms with Gasteiger partial charge in [0.2, 0.25) is 11.9 Å². The Balaban J connectivity index is 2.57. The van der Waals surface area contributed by atoms with E-state index < -0.39 is 41.1 Å². The summed E-state index contributed by atoms with van der Waals surface area (Å²) in [7, 11) is 2.20. The van der Waals surface area contributed by atoms with Gasteiger partial charge in [-0.3, -0.25) is 13.8 Å². The molecular weight excluding hydrogens is 420 g/mol. The van der Waals surface area contributed by atoms with Gasteiger partial charge >= 0.3 is 17.9 Å². The van der Waals surface area contributed by atoms with Gasteiger partial charge in [-0.1, -0.05) is 18.7 Å². The Hall–Kier alpha value is -3.92. The molecule has 3 rings (SSSR count). The number of nitrogens with zero attached hydrogens (tertiary/aromatic N) is 2. The molecule has 0 spiro atoms. The number of esters is 3. The monoisotopic (exact) mass is 442 g/mol. The maximum absolute atomic E-state index is 13.3. The molecule has 3 aromatic rings. The van der Waals surface area contributed by atoms with Crippen LogP contribution in [-0.4, -0.2) is 64.7 Å². The maximum Gasteiger partial charge on any atom is 0.343 e. The van der Waals surface area contributed by atoms with E-state index in [0.717, 1.165) is 14.2 Å². The lowest BCUT2D eigenvalue weighted by Crippen LogP contribution is -2.33. The number of para-hydroxylation sites is 2. The first-order valence-electron chi connectivity index (χ1n) is 9.60. The van der Waals surface area contributed by atoms with Gasteiger partial charge in [0.05, 0.1) is 31.9 Å². The predicted molar refractivity (Wildman–Crippen MR) is 114 cm³/mol. The van der Waals surface area contributed by atoms with E-state index in [4.69, 9.17) is 14.2 Å². The number of carbonyl (C=O) groups excluding carboxylic acids is 4. The molecule has 0 aliphatic rings. The second-order valence-electron chi connectivity index (χ2n) is 6.82. The quantitative estimate of drug-likeness (QED) is 0.255. The van der Waals surface area contributed by atoms with E-state index in [0.29, 0.717) is 16.7 Å². The van der Waals surface area contributed by atoms with Crippen LogP contribution in [0.3, 0.4) is 0 Å². The van der Waals surface area contributed by atoms with E-state index in [1.807, 2.05) is 0 Å². The molecule has 2 heterocycles. The van der Waals surface area contributed by atoms with Crippen LogP contribution in [0.1, 0.15) is 45.1 Å². The Labute approximate surface area is 182 Å². The van der Waals surface area contributed by atoms with Gasteiger partial charge in [-0.2, -0.15) is 0 Å². The minimum Gasteiger partial charge on any atom is -0.465 e. The van der Waals surface area contributed by atoms with Crippen molar-refractivity contribution in [2.45, 2.75) is 20.0 Å². The summed E-state index contributed by atoms with van der Waals surface area (Å²) in [5, 5.41) is 10.4. The molecule has 0 aliphatic carbocycles. The van der Waals surface area contributed by atoms with Gasteiger partial charge in [0.25, 0.3) is 0 Å². The molecule has 0 fully saturated rings. The predicted octanol–water partition coefficient (Wildman–Crippen LogP) is 2.06. The second-order valence-corrected chi connectivity index (χ2v) is 6.82. The Morgan fingerprint density at radius 1 is 1.03 bits per heavy atom. The van der Waals surface area contributed by atoms with E-state index >= 15 is 0 Å². The fourth-order valence-corrected chi connectivity index (χ4v) is 3.64. The first-order valence-corrected chi connectivity index (χ1v) is 9.60. The number of rotatable bonds is 7. The highest BCUT2D eigenvalue weighted by Gasteiger charge is 2.39. The maximum atomic E-state index is 13.3. The fraction of sp³-hybridized carbons (Fsp3) is 0.273. The van der Waals surface area contributed by atoms with E-state index in [-0.39, 0.29) is 17.8 Å². The third-order valence-electron chi connectivity index (χ3n) is 4.87. The molecule has 0 aliphatic heterocycles. The smallest absolute Gasteiger partial charge is 0.343 e. The normalized spacial score (nSPS) is 11.9. The highest BCUT2D eigenvalue weighted by atomic mass is 16.5. The van der Waals surface area contributed by atoms with Crippen molar-refractivity contribution in [3.05, 3.63) is 47.7 Å². The van der Waals surface area contributed by atoms with Gasteiger partial charge in [-0.25, -0.2) is 14.4 Å². The molecule has 1 aromatic carbocycles. The molecule has 0 amide bonds. The minimum absolute atomic E-state index is 0.0705. The number of Topliss-reactive ketones (excluding diaryl/α,β-unsaturated/α-hetero) is 1. The number of imidazole rings is 1. The lowest BCUT2D eigenvalue weighted by Gasteiger charge is -2.11. The van der Waals surface area contributed by atoms with E-state index in [2.05, 4.69) is 6.58 Å². The molecule has 0 saturated carbocycles. The molecular formula is C22H22N2O8. The first kappa shape index (κ1) is 22.8. The molecule has 0 radical (unpaired) electrons. The van der Waals surface area contributed by atoms with Crippen molar-refractivity contribution in [2.75, 3.05) is 20.8 Å². The number of methoxy groups -OCH3 is 2. The van der Waals surface area contributed by atoms with Crippen LogP contribution in [0.15, 0.2) is 30.8 Å². The van der Waals surface area contributed by atoms with Crippen molar-refractivity contribution in [1.82, 2.24) is 8.97 Å². The molecule has 0 saturated heterocycles. The molecule has 10 nitrogen and oxygen atoms in total. The molecule has 0 bridgehead atoms. The number of fused-ring (bicyclic) bond motifs is 3. The number of aliphatic hydroxyl groups is 1. The number of aliphatic hydroxyl groups excluding tert-OH is 1. The van der Waals surface area contributed by atoms with Crippen molar-refractivity contribution >= 4 is 46.1 Å². The van der Waals surface area contributed by atoms with Crippen molar-refractivity contribution in [3.63, 3.8) is 0 Å². The molecule has 168 valence electrons. The number of benzene rings is 1. The van der Waals surface area contributed by atoms with Crippen molar-refractivity contribution in [3.8, 4) is 0 Å². The molecule has 1 atom stereocenters. The summed E-state index contributed by atoms with van der Waals surface area (Å²) in [5.74, 6) is -4.27.